The summed E-state index contributed by atoms with van der Waals surface area (Å²) in [7, 11) is -2.88. The molecule has 118 valence electrons. The zero-order valence-electron chi connectivity index (χ0n) is 12.7. The number of hydrogen-bond donors (Lipinski definition) is 2. The lowest BCUT2D eigenvalue weighted by molar-refractivity contribution is 0.452. The molecule has 1 aromatic carbocycles. The molecule has 21 heavy (non-hydrogen) atoms. The third-order valence-electron chi connectivity index (χ3n) is 3.89. The minimum absolute atomic E-state index is 0.0979. The van der Waals surface area contributed by atoms with Crippen molar-refractivity contribution in [1.29, 1.82) is 0 Å². The normalized spacial score (nSPS) is 19.4. The van der Waals surface area contributed by atoms with Gasteiger partial charge in [0.25, 0.3) is 0 Å². The number of anilines is 1. The van der Waals surface area contributed by atoms with Crippen LogP contribution in [0.1, 0.15) is 31.9 Å². The zero-order valence-corrected chi connectivity index (χ0v) is 13.5. The second-order valence-electron chi connectivity index (χ2n) is 5.56. The second kappa shape index (κ2) is 6.66. The average molecular weight is 312 g/mol. The van der Waals surface area contributed by atoms with Crippen molar-refractivity contribution in [2.24, 2.45) is 0 Å². The van der Waals surface area contributed by atoms with E-state index in [2.05, 4.69) is 12.2 Å². The molecular formula is C15H24N2O3S. The van der Waals surface area contributed by atoms with Gasteiger partial charge in [0.05, 0.1) is 11.5 Å². The fourth-order valence-corrected chi connectivity index (χ4v) is 3.74. The Kier molecular flexibility index (Phi) is 5.11. The largest absolute Gasteiger partial charge is 0.508 e. The summed E-state index contributed by atoms with van der Waals surface area (Å²) >= 11 is 0. The van der Waals surface area contributed by atoms with E-state index in [9.17, 15) is 13.5 Å². The summed E-state index contributed by atoms with van der Waals surface area (Å²) < 4.78 is 22.9. The molecule has 2 N–H and O–H groups in total. The van der Waals surface area contributed by atoms with E-state index in [1.807, 2.05) is 24.0 Å². The van der Waals surface area contributed by atoms with Gasteiger partial charge in [-0.05, 0) is 26.0 Å². The number of nitrogens with one attached hydrogen (secondary N) is 1. The summed E-state index contributed by atoms with van der Waals surface area (Å²) in [5, 5.41) is 13.6. The van der Waals surface area contributed by atoms with E-state index in [4.69, 9.17) is 0 Å². The van der Waals surface area contributed by atoms with Crippen molar-refractivity contribution < 1.29 is 13.5 Å². The number of phenolic OH excluding ortho intramolecular Hbond substituents is 1. The van der Waals surface area contributed by atoms with Gasteiger partial charge in [0.15, 0.2) is 9.84 Å². The van der Waals surface area contributed by atoms with Crippen LogP contribution in [0, 0.1) is 0 Å². The molecule has 1 heterocycles. The first kappa shape index (κ1) is 16.1. The number of aromatic hydroxyl groups is 1. The molecule has 0 radical (unpaired) electrons. The lowest BCUT2D eigenvalue weighted by Crippen LogP contribution is -2.40. The van der Waals surface area contributed by atoms with Crippen LogP contribution in [0.3, 0.4) is 0 Å². The van der Waals surface area contributed by atoms with E-state index in [0.29, 0.717) is 13.1 Å². The maximum absolute atomic E-state index is 11.5. The summed E-state index contributed by atoms with van der Waals surface area (Å²) in [6.07, 6.45) is 1.05. The topological polar surface area (TPSA) is 69.6 Å². The van der Waals surface area contributed by atoms with Gasteiger partial charge >= 0.3 is 0 Å². The highest BCUT2D eigenvalue weighted by Crippen LogP contribution is 2.29. The number of benzene rings is 1. The number of nitrogens with zero attached hydrogens (tertiary/aromatic N) is 1. The first-order chi connectivity index (χ1) is 9.93. The Labute approximate surface area is 126 Å². The van der Waals surface area contributed by atoms with Gasteiger partial charge in [-0.15, -0.1) is 0 Å². The Morgan fingerprint density at radius 3 is 2.57 bits per heavy atom. The third-order valence-corrected chi connectivity index (χ3v) is 5.50. The molecule has 1 aromatic rings. The highest BCUT2D eigenvalue weighted by atomic mass is 32.2. The number of phenols is 1. The van der Waals surface area contributed by atoms with Crippen LogP contribution < -0.4 is 10.2 Å². The highest BCUT2D eigenvalue weighted by Gasteiger charge is 2.22. The van der Waals surface area contributed by atoms with Gasteiger partial charge in [0.2, 0.25) is 0 Å². The van der Waals surface area contributed by atoms with Gasteiger partial charge in [-0.1, -0.05) is 13.0 Å². The van der Waals surface area contributed by atoms with Crippen LogP contribution in [0.4, 0.5) is 5.69 Å². The van der Waals surface area contributed by atoms with Crippen molar-refractivity contribution in [2.75, 3.05) is 36.0 Å². The van der Waals surface area contributed by atoms with E-state index in [1.165, 1.54) is 0 Å². The molecule has 0 amide bonds. The van der Waals surface area contributed by atoms with Crippen molar-refractivity contribution in [1.82, 2.24) is 5.32 Å². The highest BCUT2D eigenvalue weighted by molar-refractivity contribution is 7.91. The quantitative estimate of drug-likeness (QED) is 0.866. The fourth-order valence-electron chi connectivity index (χ4n) is 2.54. The van der Waals surface area contributed by atoms with Crippen molar-refractivity contribution in [3.63, 3.8) is 0 Å². The lowest BCUT2D eigenvalue weighted by Gasteiger charge is -2.29. The van der Waals surface area contributed by atoms with E-state index in [1.54, 1.807) is 6.07 Å². The van der Waals surface area contributed by atoms with Crippen LogP contribution in [0.15, 0.2) is 18.2 Å². The molecule has 5 nitrogen and oxygen atoms in total. The second-order valence-corrected chi connectivity index (χ2v) is 7.86. The van der Waals surface area contributed by atoms with Gasteiger partial charge in [-0.25, -0.2) is 8.42 Å². The van der Waals surface area contributed by atoms with Crippen LogP contribution in [0.5, 0.6) is 5.75 Å². The number of hydrogen-bond acceptors (Lipinski definition) is 5. The monoisotopic (exact) mass is 312 g/mol. The molecule has 1 aliphatic heterocycles. The van der Waals surface area contributed by atoms with E-state index in [-0.39, 0.29) is 23.3 Å². The number of sulfone groups is 1. The standard InChI is InChI=1S/C15H24N2O3S/c1-3-6-16-12(2)14-5-4-13(11-15(14)18)17-7-9-21(19,20)10-8-17/h4-5,11-12,16,18H,3,6-10H2,1-2H3. The third kappa shape index (κ3) is 4.11. The van der Waals surface area contributed by atoms with Gasteiger partial charge in [0, 0.05) is 36.4 Å². The number of rotatable bonds is 5. The molecule has 2 rings (SSSR count). The molecule has 0 aromatic heterocycles. The van der Waals surface area contributed by atoms with Crippen molar-refractivity contribution in [2.45, 2.75) is 26.3 Å². The minimum Gasteiger partial charge on any atom is -0.508 e. The summed E-state index contributed by atoms with van der Waals surface area (Å²) in [5.74, 6) is 0.630. The van der Waals surface area contributed by atoms with E-state index in [0.717, 1.165) is 24.2 Å². The molecule has 0 aliphatic carbocycles. The van der Waals surface area contributed by atoms with Gasteiger partial charge < -0.3 is 15.3 Å². The molecule has 0 spiro atoms. The first-order valence-corrected chi connectivity index (χ1v) is 9.27. The molecule has 1 saturated heterocycles. The van der Waals surface area contributed by atoms with Gasteiger partial charge in [-0.2, -0.15) is 0 Å². The Bertz CT molecular complexity index is 573. The van der Waals surface area contributed by atoms with Gasteiger partial charge in [0.1, 0.15) is 5.75 Å². The molecule has 0 bridgehead atoms. The van der Waals surface area contributed by atoms with E-state index >= 15 is 0 Å². The fraction of sp³-hybridized carbons (Fsp3) is 0.600. The predicted octanol–water partition coefficient (Wildman–Crippen LogP) is 1.69. The maximum Gasteiger partial charge on any atom is 0.153 e. The lowest BCUT2D eigenvalue weighted by atomic mass is 10.1. The van der Waals surface area contributed by atoms with Crippen molar-refractivity contribution >= 4 is 15.5 Å². The molecule has 1 atom stereocenters. The maximum atomic E-state index is 11.5. The molecular weight excluding hydrogens is 288 g/mol. The summed E-state index contributed by atoms with van der Waals surface area (Å²) in [5.41, 5.74) is 1.76. The molecule has 1 unspecified atom stereocenters. The smallest absolute Gasteiger partial charge is 0.153 e. The summed E-state index contributed by atoms with van der Waals surface area (Å²) in [4.78, 5) is 2.01. The van der Waals surface area contributed by atoms with Crippen LogP contribution in [-0.2, 0) is 9.84 Å². The first-order valence-electron chi connectivity index (χ1n) is 7.44. The minimum atomic E-state index is -2.88. The van der Waals surface area contributed by atoms with Crippen molar-refractivity contribution in [3.05, 3.63) is 23.8 Å². The summed E-state index contributed by atoms with van der Waals surface area (Å²) in [6.45, 7) is 6.02. The zero-order chi connectivity index (χ0) is 15.5. The SMILES string of the molecule is CCCNC(C)c1ccc(N2CCS(=O)(=O)CC2)cc1O. The Morgan fingerprint density at radius 1 is 1.33 bits per heavy atom. The Hall–Kier alpha value is -1.27. The Balaban J connectivity index is 2.08. The molecule has 1 fully saturated rings. The van der Waals surface area contributed by atoms with Crippen LogP contribution in [-0.4, -0.2) is 44.7 Å². The van der Waals surface area contributed by atoms with Crippen LogP contribution in [0.25, 0.3) is 0 Å². The predicted molar refractivity (Wildman–Crippen MR) is 85.7 cm³/mol. The Morgan fingerprint density at radius 2 is 2.00 bits per heavy atom. The molecule has 1 aliphatic rings. The summed E-state index contributed by atoms with van der Waals surface area (Å²) in [6, 6.07) is 5.70. The molecule has 0 saturated carbocycles. The average Bonchev–Trinajstić information content (AvgIpc) is 2.44. The molecule has 6 heteroatoms. The van der Waals surface area contributed by atoms with Gasteiger partial charge in [-0.3, -0.25) is 0 Å². The van der Waals surface area contributed by atoms with E-state index < -0.39 is 9.84 Å². The van der Waals surface area contributed by atoms with Crippen molar-refractivity contribution in [3.8, 4) is 5.75 Å². The van der Waals surface area contributed by atoms with Crippen LogP contribution in [0.2, 0.25) is 0 Å². The van der Waals surface area contributed by atoms with Crippen LogP contribution >= 0.6 is 0 Å².